The topological polar surface area (TPSA) is 86.5 Å². The monoisotopic (exact) mass is 227 g/mol. The SMILES string of the molecule is NC(=O)C1Cc2ccccc2S(=O)(=O)O1. The van der Waals surface area contributed by atoms with Crippen LogP contribution in [0.5, 0.6) is 0 Å². The zero-order valence-electron chi connectivity index (χ0n) is 7.71. The van der Waals surface area contributed by atoms with Crippen LogP contribution in [0.15, 0.2) is 29.2 Å². The smallest absolute Gasteiger partial charge is 0.298 e. The molecule has 1 aliphatic heterocycles. The lowest BCUT2D eigenvalue weighted by molar-refractivity contribution is -0.124. The van der Waals surface area contributed by atoms with Gasteiger partial charge in [-0.15, -0.1) is 0 Å². The van der Waals surface area contributed by atoms with Gasteiger partial charge in [0.1, 0.15) is 0 Å². The van der Waals surface area contributed by atoms with Crippen LogP contribution >= 0.6 is 0 Å². The van der Waals surface area contributed by atoms with E-state index in [0.29, 0.717) is 5.56 Å². The maximum absolute atomic E-state index is 11.6. The highest BCUT2D eigenvalue weighted by Gasteiger charge is 2.33. The summed E-state index contributed by atoms with van der Waals surface area (Å²) in [5.41, 5.74) is 5.58. The van der Waals surface area contributed by atoms with Crippen molar-refractivity contribution in [2.24, 2.45) is 5.73 Å². The highest BCUT2D eigenvalue weighted by Crippen LogP contribution is 2.26. The second kappa shape index (κ2) is 3.32. The average molecular weight is 227 g/mol. The van der Waals surface area contributed by atoms with E-state index in [4.69, 9.17) is 5.73 Å². The first-order valence-corrected chi connectivity index (χ1v) is 5.72. The summed E-state index contributed by atoms with van der Waals surface area (Å²) >= 11 is 0. The first-order chi connectivity index (χ1) is 7.00. The normalized spacial score (nSPS) is 23.1. The van der Waals surface area contributed by atoms with E-state index in [2.05, 4.69) is 4.18 Å². The second-order valence-corrected chi connectivity index (χ2v) is 4.79. The van der Waals surface area contributed by atoms with Crippen molar-refractivity contribution >= 4 is 16.0 Å². The number of rotatable bonds is 1. The van der Waals surface area contributed by atoms with Gasteiger partial charge in [0.25, 0.3) is 10.1 Å². The molecule has 80 valence electrons. The standard InChI is InChI=1S/C9H9NO4S/c10-9(11)7-5-6-3-1-2-4-8(6)15(12,13)14-7/h1-4,7H,5H2,(H2,10,11). The predicted molar refractivity (Wildman–Crippen MR) is 51.4 cm³/mol. The molecular weight excluding hydrogens is 218 g/mol. The molecule has 2 N–H and O–H groups in total. The van der Waals surface area contributed by atoms with Crippen molar-refractivity contribution in [2.75, 3.05) is 0 Å². The summed E-state index contributed by atoms with van der Waals surface area (Å²) in [5, 5.41) is 0. The molecule has 0 saturated heterocycles. The van der Waals surface area contributed by atoms with E-state index >= 15 is 0 Å². The van der Waals surface area contributed by atoms with Gasteiger partial charge >= 0.3 is 0 Å². The summed E-state index contributed by atoms with van der Waals surface area (Å²) < 4.78 is 27.8. The number of benzene rings is 1. The zero-order chi connectivity index (χ0) is 11.1. The van der Waals surface area contributed by atoms with Gasteiger partial charge in [-0.05, 0) is 11.6 Å². The summed E-state index contributed by atoms with van der Waals surface area (Å²) in [4.78, 5) is 11.0. The molecule has 1 aliphatic rings. The summed E-state index contributed by atoms with van der Waals surface area (Å²) in [6, 6.07) is 6.40. The lowest BCUT2D eigenvalue weighted by atomic mass is 10.1. The minimum Gasteiger partial charge on any atom is -0.367 e. The Morgan fingerprint density at radius 3 is 2.73 bits per heavy atom. The van der Waals surface area contributed by atoms with Crippen molar-refractivity contribution in [3.63, 3.8) is 0 Å². The quantitative estimate of drug-likeness (QED) is 0.673. The lowest BCUT2D eigenvalue weighted by Crippen LogP contribution is -2.38. The summed E-state index contributed by atoms with van der Waals surface area (Å²) in [5.74, 6) is -0.770. The van der Waals surface area contributed by atoms with Crippen LogP contribution < -0.4 is 5.73 Å². The zero-order valence-corrected chi connectivity index (χ0v) is 8.53. The number of primary amides is 1. The van der Waals surface area contributed by atoms with Crippen LogP contribution in [0.1, 0.15) is 5.56 Å². The van der Waals surface area contributed by atoms with Crippen LogP contribution in [0.4, 0.5) is 0 Å². The fraction of sp³-hybridized carbons (Fsp3) is 0.222. The number of hydrogen-bond donors (Lipinski definition) is 1. The van der Waals surface area contributed by atoms with Crippen molar-refractivity contribution in [2.45, 2.75) is 17.4 Å². The summed E-state index contributed by atoms with van der Waals surface area (Å²) in [6.07, 6.45) is -0.894. The molecule has 2 rings (SSSR count). The molecule has 0 saturated carbocycles. The molecule has 1 aromatic rings. The van der Waals surface area contributed by atoms with Crippen molar-refractivity contribution in [1.29, 1.82) is 0 Å². The number of nitrogens with two attached hydrogens (primary N) is 1. The third-order valence-corrected chi connectivity index (χ3v) is 3.63. The van der Waals surface area contributed by atoms with Gasteiger partial charge in [0.15, 0.2) is 6.10 Å². The number of fused-ring (bicyclic) bond motifs is 1. The molecule has 0 aliphatic carbocycles. The molecule has 1 heterocycles. The van der Waals surface area contributed by atoms with E-state index < -0.39 is 22.1 Å². The van der Waals surface area contributed by atoms with Gasteiger partial charge in [0, 0.05) is 6.42 Å². The van der Waals surface area contributed by atoms with Crippen molar-refractivity contribution in [3.05, 3.63) is 29.8 Å². The fourth-order valence-corrected chi connectivity index (χ4v) is 2.79. The molecule has 0 radical (unpaired) electrons. The fourth-order valence-electron chi connectivity index (χ4n) is 1.50. The van der Waals surface area contributed by atoms with Crippen molar-refractivity contribution < 1.29 is 17.4 Å². The highest BCUT2D eigenvalue weighted by molar-refractivity contribution is 7.87. The van der Waals surface area contributed by atoms with Crippen LogP contribution in [0.3, 0.4) is 0 Å². The Labute approximate surface area is 87.0 Å². The van der Waals surface area contributed by atoms with E-state index in [-0.39, 0.29) is 11.3 Å². The Bertz CT molecular complexity index is 509. The number of amides is 1. The summed E-state index contributed by atoms with van der Waals surface area (Å²) in [7, 11) is -3.84. The van der Waals surface area contributed by atoms with E-state index in [1.165, 1.54) is 6.07 Å². The first kappa shape index (κ1) is 10.1. The largest absolute Gasteiger partial charge is 0.367 e. The maximum atomic E-state index is 11.6. The molecule has 0 fully saturated rings. The van der Waals surface area contributed by atoms with Gasteiger partial charge in [-0.3, -0.25) is 8.98 Å². The van der Waals surface area contributed by atoms with Gasteiger partial charge in [0.2, 0.25) is 5.91 Å². The molecule has 6 heteroatoms. The Morgan fingerprint density at radius 1 is 1.40 bits per heavy atom. The Kier molecular flexibility index (Phi) is 2.24. The molecule has 0 bridgehead atoms. The van der Waals surface area contributed by atoms with Gasteiger partial charge in [0.05, 0.1) is 4.90 Å². The minimum atomic E-state index is -3.84. The van der Waals surface area contributed by atoms with Crippen molar-refractivity contribution in [1.82, 2.24) is 0 Å². The van der Waals surface area contributed by atoms with Crippen LogP contribution in [0.2, 0.25) is 0 Å². The van der Waals surface area contributed by atoms with Crippen LogP contribution in [-0.4, -0.2) is 20.4 Å². The van der Waals surface area contributed by atoms with Gasteiger partial charge in [-0.2, -0.15) is 8.42 Å². The van der Waals surface area contributed by atoms with E-state index in [1.54, 1.807) is 18.2 Å². The van der Waals surface area contributed by atoms with E-state index in [0.717, 1.165) is 0 Å². The second-order valence-electron chi connectivity index (χ2n) is 3.25. The number of carbonyl (C=O) groups excluding carboxylic acids is 1. The third kappa shape index (κ3) is 1.73. The molecule has 5 nitrogen and oxygen atoms in total. The Morgan fingerprint density at radius 2 is 2.07 bits per heavy atom. The van der Waals surface area contributed by atoms with Crippen LogP contribution in [-0.2, 0) is 25.5 Å². The molecule has 0 aromatic heterocycles. The number of hydrogen-bond acceptors (Lipinski definition) is 4. The molecule has 0 spiro atoms. The predicted octanol–water partition coefficient (Wildman–Crippen LogP) is -0.198. The van der Waals surface area contributed by atoms with Gasteiger partial charge in [-0.25, -0.2) is 0 Å². The lowest BCUT2D eigenvalue weighted by Gasteiger charge is -2.21. The molecule has 1 unspecified atom stereocenters. The van der Waals surface area contributed by atoms with Crippen LogP contribution in [0, 0.1) is 0 Å². The average Bonchev–Trinajstić information content (AvgIpc) is 2.16. The van der Waals surface area contributed by atoms with Gasteiger partial charge < -0.3 is 5.73 Å². The molecule has 1 amide bonds. The summed E-state index contributed by atoms with van der Waals surface area (Å²) in [6.45, 7) is 0. The Balaban J connectivity index is 2.53. The molecular formula is C9H9NO4S. The van der Waals surface area contributed by atoms with E-state index in [1.807, 2.05) is 0 Å². The van der Waals surface area contributed by atoms with Gasteiger partial charge in [-0.1, -0.05) is 18.2 Å². The van der Waals surface area contributed by atoms with Crippen molar-refractivity contribution in [3.8, 4) is 0 Å². The van der Waals surface area contributed by atoms with Crippen LogP contribution in [0.25, 0.3) is 0 Å². The number of carbonyl (C=O) groups is 1. The minimum absolute atomic E-state index is 0.113. The highest BCUT2D eigenvalue weighted by atomic mass is 32.2. The Hall–Kier alpha value is -1.40. The maximum Gasteiger partial charge on any atom is 0.298 e. The molecule has 1 atom stereocenters. The first-order valence-electron chi connectivity index (χ1n) is 4.31. The third-order valence-electron chi connectivity index (χ3n) is 2.21. The molecule has 15 heavy (non-hydrogen) atoms. The van der Waals surface area contributed by atoms with E-state index in [9.17, 15) is 13.2 Å². The molecule has 1 aromatic carbocycles.